The summed E-state index contributed by atoms with van der Waals surface area (Å²) in [5.41, 5.74) is 7.60. The van der Waals surface area contributed by atoms with Gasteiger partial charge in [-0.2, -0.15) is 11.8 Å². The lowest BCUT2D eigenvalue weighted by Gasteiger charge is -2.36. The van der Waals surface area contributed by atoms with Crippen molar-refractivity contribution in [1.29, 1.82) is 0 Å². The maximum atomic E-state index is 6.03. The minimum absolute atomic E-state index is 0.368. The van der Waals surface area contributed by atoms with Crippen LogP contribution >= 0.6 is 23.4 Å². The predicted molar refractivity (Wildman–Crippen MR) is 83.7 cm³/mol. The van der Waals surface area contributed by atoms with E-state index in [0.29, 0.717) is 15.5 Å². The molecular weight excluding hydrogens is 264 g/mol. The number of benzene rings is 1. The van der Waals surface area contributed by atoms with Crippen molar-refractivity contribution in [2.24, 2.45) is 0 Å². The minimum atomic E-state index is 0.368. The molecule has 0 bridgehead atoms. The molecule has 0 atom stereocenters. The van der Waals surface area contributed by atoms with E-state index in [9.17, 15) is 0 Å². The van der Waals surface area contributed by atoms with E-state index in [1.807, 2.05) is 30.0 Å². The van der Waals surface area contributed by atoms with Crippen LogP contribution in [0.3, 0.4) is 0 Å². The molecule has 0 spiro atoms. The number of para-hydroxylation sites is 1. The fourth-order valence-electron chi connectivity index (χ4n) is 2.60. The largest absolute Gasteiger partial charge is 0.396 e. The standard InChI is InChI=1S/C14H21ClN2S/c1-18-14(8-3-2-4-9-14)10-17-12-7-5-6-11(15)13(12)16/h5-7,17H,2-4,8-10,16H2,1H3. The topological polar surface area (TPSA) is 38.0 Å². The van der Waals surface area contributed by atoms with E-state index in [2.05, 4.69) is 11.6 Å². The molecule has 0 radical (unpaired) electrons. The molecule has 1 aliphatic carbocycles. The number of halogens is 1. The first kappa shape index (κ1) is 13.9. The number of nitrogens with one attached hydrogen (secondary N) is 1. The van der Waals surface area contributed by atoms with Gasteiger partial charge in [-0.3, -0.25) is 0 Å². The Labute approximate surface area is 119 Å². The summed E-state index contributed by atoms with van der Waals surface area (Å²) >= 11 is 8.02. The van der Waals surface area contributed by atoms with Crippen LogP contribution in [0, 0.1) is 0 Å². The highest BCUT2D eigenvalue weighted by Gasteiger charge is 2.30. The van der Waals surface area contributed by atoms with Crippen molar-refractivity contribution in [3.63, 3.8) is 0 Å². The van der Waals surface area contributed by atoms with E-state index >= 15 is 0 Å². The van der Waals surface area contributed by atoms with Gasteiger partial charge < -0.3 is 11.1 Å². The first-order valence-corrected chi connectivity index (χ1v) is 8.10. The van der Waals surface area contributed by atoms with Crippen LogP contribution in [0.1, 0.15) is 32.1 Å². The van der Waals surface area contributed by atoms with E-state index in [4.69, 9.17) is 17.3 Å². The summed E-state index contributed by atoms with van der Waals surface area (Å²) in [6, 6.07) is 5.76. The van der Waals surface area contributed by atoms with Gasteiger partial charge in [0.25, 0.3) is 0 Å². The van der Waals surface area contributed by atoms with Crippen LogP contribution in [0.25, 0.3) is 0 Å². The van der Waals surface area contributed by atoms with Crippen LogP contribution < -0.4 is 11.1 Å². The molecule has 0 aromatic heterocycles. The normalized spacial score (nSPS) is 18.6. The Morgan fingerprint density at radius 2 is 2.06 bits per heavy atom. The van der Waals surface area contributed by atoms with Gasteiger partial charge >= 0.3 is 0 Å². The number of rotatable bonds is 4. The second-order valence-corrected chi connectivity index (χ2v) is 6.68. The molecule has 0 amide bonds. The van der Waals surface area contributed by atoms with Crippen LogP contribution in [0.4, 0.5) is 11.4 Å². The van der Waals surface area contributed by atoms with Crippen LogP contribution in [0.15, 0.2) is 18.2 Å². The average molecular weight is 285 g/mol. The van der Waals surface area contributed by atoms with Gasteiger partial charge in [-0.25, -0.2) is 0 Å². The fourth-order valence-corrected chi connectivity index (χ4v) is 3.68. The molecule has 0 aliphatic heterocycles. The molecule has 0 heterocycles. The predicted octanol–water partition coefficient (Wildman–Crippen LogP) is 4.40. The summed E-state index contributed by atoms with van der Waals surface area (Å²) in [6.45, 7) is 0.971. The van der Waals surface area contributed by atoms with Crippen LogP contribution in [-0.2, 0) is 0 Å². The molecular formula is C14H21ClN2S. The molecule has 4 heteroatoms. The lowest BCUT2D eigenvalue weighted by atomic mass is 9.88. The number of hydrogen-bond acceptors (Lipinski definition) is 3. The number of anilines is 2. The molecule has 1 saturated carbocycles. The van der Waals surface area contributed by atoms with Gasteiger partial charge in [0.1, 0.15) is 0 Å². The van der Waals surface area contributed by atoms with Gasteiger partial charge in [0.05, 0.1) is 16.4 Å². The first-order chi connectivity index (χ1) is 8.67. The Morgan fingerprint density at radius 3 is 2.72 bits per heavy atom. The van der Waals surface area contributed by atoms with Gasteiger partial charge in [-0.15, -0.1) is 0 Å². The average Bonchev–Trinajstić information content (AvgIpc) is 2.41. The number of thioether (sulfide) groups is 1. The van der Waals surface area contributed by atoms with Gasteiger partial charge in [0, 0.05) is 11.3 Å². The Balaban J connectivity index is 2.03. The summed E-state index contributed by atoms with van der Waals surface area (Å²) in [4.78, 5) is 0. The Morgan fingerprint density at radius 1 is 1.33 bits per heavy atom. The van der Waals surface area contributed by atoms with Gasteiger partial charge in [0.2, 0.25) is 0 Å². The molecule has 2 nitrogen and oxygen atoms in total. The third-order valence-corrected chi connectivity index (χ3v) is 5.60. The fraction of sp³-hybridized carbons (Fsp3) is 0.571. The second kappa shape index (κ2) is 6.07. The highest BCUT2D eigenvalue weighted by atomic mass is 35.5. The Hall–Kier alpha value is -0.540. The first-order valence-electron chi connectivity index (χ1n) is 6.50. The third kappa shape index (κ3) is 3.07. The summed E-state index contributed by atoms with van der Waals surface area (Å²) < 4.78 is 0.368. The van der Waals surface area contributed by atoms with Crippen LogP contribution in [0.2, 0.25) is 5.02 Å². The van der Waals surface area contributed by atoms with E-state index < -0.39 is 0 Å². The minimum Gasteiger partial charge on any atom is -0.396 e. The van der Waals surface area contributed by atoms with E-state index in [1.54, 1.807) is 0 Å². The molecule has 100 valence electrons. The van der Waals surface area contributed by atoms with Crippen molar-refractivity contribution in [1.82, 2.24) is 0 Å². The maximum absolute atomic E-state index is 6.03. The molecule has 1 fully saturated rings. The summed E-state index contributed by atoms with van der Waals surface area (Å²) in [5.74, 6) is 0. The van der Waals surface area contributed by atoms with Crippen molar-refractivity contribution in [3.05, 3.63) is 23.2 Å². The lowest BCUT2D eigenvalue weighted by Crippen LogP contribution is -2.35. The van der Waals surface area contributed by atoms with E-state index in [1.165, 1.54) is 32.1 Å². The van der Waals surface area contributed by atoms with Gasteiger partial charge in [-0.05, 0) is 31.2 Å². The summed E-state index contributed by atoms with van der Waals surface area (Å²) in [5, 5.41) is 4.11. The Kier molecular flexibility index (Phi) is 4.68. The molecule has 1 aromatic carbocycles. The molecule has 3 N–H and O–H groups in total. The molecule has 1 aliphatic rings. The zero-order valence-electron chi connectivity index (χ0n) is 10.8. The van der Waals surface area contributed by atoms with Crippen molar-refractivity contribution >= 4 is 34.7 Å². The number of nitrogen functional groups attached to an aromatic ring is 1. The molecule has 0 saturated heterocycles. The lowest BCUT2D eigenvalue weighted by molar-refractivity contribution is 0.411. The number of hydrogen-bond donors (Lipinski definition) is 2. The van der Waals surface area contributed by atoms with E-state index in [0.717, 1.165) is 12.2 Å². The second-order valence-electron chi connectivity index (χ2n) is 5.00. The SMILES string of the molecule is CSC1(CNc2cccc(Cl)c2N)CCCCC1. The quantitative estimate of drug-likeness (QED) is 0.805. The molecule has 18 heavy (non-hydrogen) atoms. The zero-order valence-corrected chi connectivity index (χ0v) is 12.4. The Bertz CT molecular complexity index is 403. The van der Waals surface area contributed by atoms with E-state index in [-0.39, 0.29) is 0 Å². The van der Waals surface area contributed by atoms with Gasteiger partial charge in [0.15, 0.2) is 0 Å². The highest BCUT2D eigenvalue weighted by molar-refractivity contribution is 8.00. The molecule has 2 rings (SSSR count). The maximum Gasteiger partial charge on any atom is 0.0739 e. The third-order valence-electron chi connectivity index (χ3n) is 3.85. The van der Waals surface area contributed by atoms with Crippen molar-refractivity contribution in [2.45, 2.75) is 36.9 Å². The van der Waals surface area contributed by atoms with Crippen molar-refractivity contribution in [3.8, 4) is 0 Å². The smallest absolute Gasteiger partial charge is 0.0739 e. The van der Waals surface area contributed by atoms with Crippen LogP contribution in [-0.4, -0.2) is 17.5 Å². The van der Waals surface area contributed by atoms with Crippen molar-refractivity contribution in [2.75, 3.05) is 23.9 Å². The summed E-state index contributed by atoms with van der Waals surface area (Å²) in [7, 11) is 0. The monoisotopic (exact) mass is 284 g/mol. The summed E-state index contributed by atoms with van der Waals surface area (Å²) in [6.07, 6.45) is 8.86. The number of nitrogens with two attached hydrogens (primary N) is 1. The van der Waals surface area contributed by atoms with Crippen molar-refractivity contribution < 1.29 is 0 Å². The molecule has 0 unspecified atom stereocenters. The highest BCUT2D eigenvalue weighted by Crippen LogP contribution is 2.39. The van der Waals surface area contributed by atoms with Gasteiger partial charge in [-0.1, -0.05) is 36.9 Å². The zero-order chi connectivity index (χ0) is 13.0. The van der Waals surface area contributed by atoms with Crippen LogP contribution in [0.5, 0.6) is 0 Å². The molecule has 1 aromatic rings.